The van der Waals surface area contributed by atoms with Crippen LogP contribution in [0.4, 0.5) is 0 Å². The van der Waals surface area contributed by atoms with Gasteiger partial charge in [0.15, 0.2) is 11.5 Å². The lowest BCUT2D eigenvalue weighted by molar-refractivity contribution is 0.0902. The second-order valence-electron chi connectivity index (χ2n) is 7.31. The number of pyridine rings is 1. The van der Waals surface area contributed by atoms with Crippen molar-refractivity contribution in [1.29, 1.82) is 0 Å². The number of ether oxygens (including phenoxy) is 3. The zero-order valence-corrected chi connectivity index (χ0v) is 16.8. The molecule has 1 aliphatic heterocycles. The summed E-state index contributed by atoms with van der Waals surface area (Å²) in [5.41, 5.74) is 2.84. The van der Waals surface area contributed by atoms with Gasteiger partial charge in [-0.05, 0) is 42.6 Å². The molecular formula is C23H26N2O4. The number of methoxy groups -OCH3 is 1. The van der Waals surface area contributed by atoms with Gasteiger partial charge < -0.3 is 24.1 Å². The van der Waals surface area contributed by atoms with Gasteiger partial charge in [0, 0.05) is 32.3 Å². The minimum atomic E-state index is -0.0942. The van der Waals surface area contributed by atoms with Crippen LogP contribution in [-0.4, -0.2) is 37.5 Å². The standard InChI is InChI=1S/C23H26N2O4/c1-16-7-8-20-17(11-16)12-18(23(26)25(20)9-10-27-2)13-24-14-19-15-28-21-5-3-4-6-22(21)29-19/h3-8,11-12,19,24H,9-10,13-15H2,1-2H3/t19-/m1/s1. The molecule has 1 aliphatic rings. The van der Waals surface area contributed by atoms with Gasteiger partial charge in [-0.3, -0.25) is 4.79 Å². The van der Waals surface area contributed by atoms with Crippen LogP contribution in [0, 0.1) is 6.92 Å². The summed E-state index contributed by atoms with van der Waals surface area (Å²) in [6.07, 6.45) is -0.0942. The van der Waals surface area contributed by atoms with Gasteiger partial charge in [0.2, 0.25) is 0 Å². The molecule has 2 aromatic carbocycles. The molecule has 0 spiro atoms. The van der Waals surface area contributed by atoms with E-state index >= 15 is 0 Å². The Morgan fingerprint density at radius 2 is 2.00 bits per heavy atom. The van der Waals surface area contributed by atoms with Crippen molar-refractivity contribution in [3.63, 3.8) is 0 Å². The van der Waals surface area contributed by atoms with Gasteiger partial charge in [0.05, 0.1) is 12.1 Å². The fourth-order valence-corrected chi connectivity index (χ4v) is 3.63. The first-order valence-corrected chi connectivity index (χ1v) is 9.87. The molecule has 0 fully saturated rings. The highest BCUT2D eigenvalue weighted by Gasteiger charge is 2.20. The van der Waals surface area contributed by atoms with Gasteiger partial charge in [-0.1, -0.05) is 23.8 Å². The molecule has 6 heteroatoms. The van der Waals surface area contributed by atoms with Crippen molar-refractivity contribution in [2.45, 2.75) is 26.1 Å². The first-order valence-electron chi connectivity index (χ1n) is 9.87. The zero-order valence-electron chi connectivity index (χ0n) is 16.8. The highest BCUT2D eigenvalue weighted by Crippen LogP contribution is 2.30. The smallest absolute Gasteiger partial charge is 0.255 e. The third-order valence-electron chi connectivity index (χ3n) is 5.10. The first-order chi connectivity index (χ1) is 14.2. The SMILES string of the molecule is COCCn1c(=O)c(CNC[C@@H]2COc3ccccc3O2)cc2cc(C)ccc21. The molecule has 29 heavy (non-hydrogen) atoms. The Morgan fingerprint density at radius 1 is 1.17 bits per heavy atom. The van der Waals surface area contributed by atoms with Crippen molar-refractivity contribution in [2.24, 2.45) is 0 Å². The lowest BCUT2D eigenvalue weighted by Crippen LogP contribution is -2.39. The van der Waals surface area contributed by atoms with E-state index in [0.29, 0.717) is 32.8 Å². The Balaban J connectivity index is 1.49. The molecule has 2 heterocycles. The van der Waals surface area contributed by atoms with E-state index in [4.69, 9.17) is 14.2 Å². The number of aromatic nitrogens is 1. The Hall–Kier alpha value is -2.83. The van der Waals surface area contributed by atoms with Crippen LogP contribution in [0.3, 0.4) is 0 Å². The average Bonchev–Trinajstić information content (AvgIpc) is 2.73. The van der Waals surface area contributed by atoms with E-state index < -0.39 is 0 Å². The maximum absolute atomic E-state index is 13.0. The summed E-state index contributed by atoms with van der Waals surface area (Å²) in [7, 11) is 1.65. The van der Waals surface area contributed by atoms with Gasteiger partial charge in [-0.15, -0.1) is 0 Å². The number of hydrogen-bond donors (Lipinski definition) is 1. The summed E-state index contributed by atoms with van der Waals surface area (Å²) in [6, 6.07) is 15.8. The predicted molar refractivity (Wildman–Crippen MR) is 113 cm³/mol. The number of hydrogen-bond acceptors (Lipinski definition) is 5. The first kappa shape index (κ1) is 19.5. The molecule has 0 unspecified atom stereocenters. The molecule has 0 bridgehead atoms. The van der Waals surface area contributed by atoms with Crippen LogP contribution in [0.1, 0.15) is 11.1 Å². The minimum absolute atomic E-state index is 0.0112. The van der Waals surface area contributed by atoms with Crippen LogP contribution in [-0.2, 0) is 17.8 Å². The van der Waals surface area contributed by atoms with Crippen LogP contribution in [0.5, 0.6) is 11.5 Å². The summed E-state index contributed by atoms with van der Waals surface area (Å²) in [6.45, 7) is 4.62. The van der Waals surface area contributed by atoms with Crippen molar-refractivity contribution in [3.05, 3.63) is 70.0 Å². The molecule has 1 aromatic heterocycles. The Morgan fingerprint density at radius 3 is 2.83 bits per heavy atom. The summed E-state index contributed by atoms with van der Waals surface area (Å²) in [4.78, 5) is 13.0. The van der Waals surface area contributed by atoms with Crippen LogP contribution < -0.4 is 20.3 Å². The number of aryl methyl sites for hydroxylation is 1. The number of nitrogens with zero attached hydrogens (tertiary/aromatic N) is 1. The third-order valence-corrected chi connectivity index (χ3v) is 5.10. The highest BCUT2D eigenvalue weighted by molar-refractivity contribution is 5.80. The number of benzene rings is 2. The quantitative estimate of drug-likeness (QED) is 0.668. The molecule has 0 aliphatic carbocycles. The minimum Gasteiger partial charge on any atom is -0.486 e. The maximum Gasteiger partial charge on any atom is 0.255 e. The molecule has 3 aromatic rings. The van der Waals surface area contributed by atoms with Crippen molar-refractivity contribution >= 4 is 10.9 Å². The molecular weight excluding hydrogens is 368 g/mol. The number of para-hydroxylation sites is 2. The fraction of sp³-hybridized carbons (Fsp3) is 0.348. The molecule has 6 nitrogen and oxygen atoms in total. The molecule has 0 amide bonds. The lowest BCUT2D eigenvalue weighted by atomic mass is 10.1. The van der Waals surface area contributed by atoms with Crippen molar-refractivity contribution in [3.8, 4) is 11.5 Å². The van der Waals surface area contributed by atoms with Gasteiger partial charge >= 0.3 is 0 Å². The molecule has 4 rings (SSSR count). The molecule has 0 radical (unpaired) electrons. The van der Waals surface area contributed by atoms with Crippen molar-refractivity contribution in [2.75, 3.05) is 26.9 Å². The molecule has 1 N–H and O–H groups in total. The van der Waals surface area contributed by atoms with E-state index in [1.807, 2.05) is 42.5 Å². The zero-order chi connectivity index (χ0) is 20.2. The summed E-state index contributed by atoms with van der Waals surface area (Å²) in [5.74, 6) is 1.53. The maximum atomic E-state index is 13.0. The fourth-order valence-electron chi connectivity index (χ4n) is 3.63. The normalized spacial score (nSPS) is 15.6. The van der Waals surface area contributed by atoms with E-state index in [2.05, 4.69) is 18.3 Å². The monoisotopic (exact) mass is 394 g/mol. The van der Waals surface area contributed by atoms with E-state index in [1.165, 1.54) is 5.56 Å². The van der Waals surface area contributed by atoms with Gasteiger partial charge in [-0.2, -0.15) is 0 Å². The predicted octanol–water partition coefficient (Wildman–Crippen LogP) is 2.89. The summed E-state index contributed by atoms with van der Waals surface area (Å²) < 4.78 is 18.7. The van der Waals surface area contributed by atoms with E-state index in [9.17, 15) is 4.79 Å². The molecule has 152 valence electrons. The highest BCUT2D eigenvalue weighted by atomic mass is 16.6. The number of nitrogens with one attached hydrogen (secondary N) is 1. The Kier molecular flexibility index (Phi) is 5.83. The second-order valence-corrected chi connectivity index (χ2v) is 7.31. The van der Waals surface area contributed by atoms with Gasteiger partial charge in [0.25, 0.3) is 5.56 Å². The van der Waals surface area contributed by atoms with Crippen LogP contribution in [0.2, 0.25) is 0 Å². The van der Waals surface area contributed by atoms with Crippen LogP contribution in [0.25, 0.3) is 10.9 Å². The van der Waals surface area contributed by atoms with Crippen molar-refractivity contribution < 1.29 is 14.2 Å². The third kappa shape index (κ3) is 4.28. The Labute approximate surface area is 170 Å². The average molecular weight is 394 g/mol. The van der Waals surface area contributed by atoms with Crippen LogP contribution >= 0.6 is 0 Å². The molecule has 1 atom stereocenters. The van der Waals surface area contributed by atoms with Gasteiger partial charge in [-0.25, -0.2) is 0 Å². The molecule has 0 saturated carbocycles. The lowest BCUT2D eigenvalue weighted by Gasteiger charge is -2.26. The summed E-state index contributed by atoms with van der Waals surface area (Å²) >= 11 is 0. The Bertz CT molecular complexity index is 1060. The number of rotatable bonds is 7. The number of fused-ring (bicyclic) bond motifs is 2. The second kappa shape index (κ2) is 8.68. The van der Waals surface area contributed by atoms with Crippen molar-refractivity contribution in [1.82, 2.24) is 9.88 Å². The topological polar surface area (TPSA) is 61.7 Å². The van der Waals surface area contributed by atoms with Gasteiger partial charge in [0.1, 0.15) is 12.7 Å². The van der Waals surface area contributed by atoms with E-state index in [-0.39, 0.29) is 11.7 Å². The molecule has 0 saturated heterocycles. The largest absolute Gasteiger partial charge is 0.486 e. The van der Waals surface area contributed by atoms with E-state index in [0.717, 1.165) is 28.0 Å². The summed E-state index contributed by atoms with van der Waals surface area (Å²) in [5, 5.41) is 4.42. The van der Waals surface area contributed by atoms with E-state index in [1.54, 1.807) is 11.7 Å². The van der Waals surface area contributed by atoms with Crippen LogP contribution in [0.15, 0.2) is 53.3 Å².